The minimum atomic E-state index is 0.339. The van der Waals surface area contributed by atoms with E-state index in [-0.39, 0.29) is 0 Å². The Morgan fingerprint density at radius 2 is 2.00 bits per heavy atom. The molecule has 0 spiro atoms. The fourth-order valence-electron chi connectivity index (χ4n) is 1.76. The fraction of sp³-hybridized carbons (Fsp3) is 0.455. The van der Waals surface area contributed by atoms with Crippen LogP contribution in [0.3, 0.4) is 0 Å². The average Bonchev–Trinajstić information content (AvgIpc) is 2.53. The summed E-state index contributed by atoms with van der Waals surface area (Å²) in [6.45, 7) is 3.17. The topological polar surface area (TPSA) is 9.23 Å². The second-order valence-corrected chi connectivity index (χ2v) is 3.47. The van der Waals surface area contributed by atoms with Gasteiger partial charge in [0, 0.05) is 6.61 Å². The molecule has 1 fully saturated rings. The van der Waals surface area contributed by atoms with Crippen LogP contribution in [0.15, 0.2) is 30.3 Å². The van der Waals surface area contributed by atoms with Gasteiger partial charge >= 0.3 is 0 Å². The quantitative estimate of drug-likeness (QED) is 0.617. The van der Waals surface area contributed by atoms with Gasteiger partial charge in [-0.25, -0.2) is 0 Å². The van der Waals surface area contributed by atoms with Crippen molar-refractivity contribution < 1.29 is 4.74 Å². The third kappa shape index (κ3) is 1.37. The highest BCUT2D eigenvalue weighted by atomic mass is 16.5. The molecule has 0 bridgehead atoms. The molecule has 1 aliphatic rings. The summed E-state index contributed by atoms with van der Waals surface area (Å²) in [5.74, 6) is 0.674. The van der Waals surface area contributed by atoms with Crippen LogP contribution in [0.1, 0.15) is 25.0 Å². The molecule has 2 rings (SSSR count). The smallest absolute Gasteiger partial charge is 0.0851 e. The first-order valence-corrected chi connectivity index (χ1v) is 4.54. The van der Waals surface area contributed by atoms with E-state index in [1.54, 1.807) is 0 Å². The fourth-order valence-corrected chi connectivity index (χ4v) is 1.76. The van der Waals surface area contributed by atoms with Crippen LogP contribution in [0.25, 0.3) is 0 Å². The molecule has 0 saturated carbocycles. The summed E-state index contributed by atoms with van der Waals surface area (Å²) in [6, 6.07) is 10.5. The molecule has 1 heteroatoms. The van der Waals surface area contributed by atoms with Crippen molar-refractivity contribution in [3.63, 3.8) is 0 Å². The first-order chi connectivity index (χ1) is 5.88. The molecule has 0 aliphatic carbocycles. The van der Waals surface area contributed by atoms with Crippen LogP contribution >= 0.6 is 0 Å². The molecule has 1 unspecified atom stereocenters. The molecule has 1 nitrogen and oxygen atoms in total. The largest absolute Gasteiger partial charge is 0.373 e. The Balaban J connectivity index is 2.19. The van der Waals surface area contributed by atoms with E-state index in [1.165, 1.54) is 12.0 Å². The summed E-state index contributed by atoms with van der Waals surface area (Å²) in [5, 5.41) is 0. The molecule has 0 radical (unpaired) electrons. The van der Waals surface area contributed by atoms with Gasteiger partial charge < -0.3 is 4.74 Å². The summed E-state index contributed by atoms with van der Waals surface area (Å²) < 4.78 is 5.65. The van der Waals surface area contributed by atoms with Gasteiger partial charge in [0.15, 0.2) is 0 Å². The Morgan fingerprint density at radius 1 is 1.25 bits per heavy atom. The summed E-state index contributed by atoms with van der Waals surface area (Å²) >= 11 is 0. The van der Waals surface area contributed by atoms with E-state index in [1.807, 2.05) is 6.07 Å². The summed E-state index contributed by atoms with van der Waals surface area (Å²) in [6.07, 6.45) is 1.53. The molecule has 0 N–H and O–H groups in total. The minimum Gasteiger partial charge on any atom is -0.373 e. The van der Waals surface area contributed by atoms with Gasteiger partial charge in [-0.2, -0.15) is 0 Å². The van der Waals surface area contributed by atoms with Gasteiger partial charge in [0.25, 0.3) is 0 Å². The van der Waals surface area contributed by atoms with Gasteiger partial charge in [-0.05, 0) is 17.9 Å². The number of benzene rings is 1. The molecular weight excluding hydrogens is 148 g/mol. The second kappa shape index (κ2) is 3.28. The van der Waals surface area contributed by atoms with Gasteiger partial charge in [-0.3, -0.25) is 0 Å². The second-order valence-electron chi connectivity index (χ2n) is 3.47. The van der Waals surface area contributed by atoms with Gasteiger partial charge in [0.2, 0.25) is 0 Å². The third-order valence-electron chi connectivity index (χ3n) is 2.52. The lowest BCUT2D eigenvalue weighted by Crippen LogP contribution is -2.02. The van der Waals surface area contributed by atoms with Crippen LogP contribution in [-0.4, -0.2) is 6.61 Å². The van der Waals surface area contributed by atoms with Gasteiger partial charge in [0.1, 0.15) is 0 Å². The van der Waals surface area contributed by atoms with Gasteiger partial charge in [-0.1, -0.05) is 37.3 Å². The molecular formula is C11H14O. The zero-order chi connectivity index (χ0) is 8.39. The summed E-state index contributed by atoms with van der Waals surface area (Å²) in [4.78, 5) is 0. The van der Waals surface area contributed by atoms with Crippen molar-refractivity contribution in [1.82, 2.24) is 0 Å². The van der Waals surface area contributed by atoms with Crippen LogP contribution < -0.4 is 0 Å². The molecule has 1 aliphatic heterocycles. The predicted octanol–water partition coefficient (Wildman–Crippen LogP) is 2.78. The zero-order valence-corrected chi connectivity index (χ0v) is 7.36. The van der Waals surface area contributed by atoms with Gasteiger partial charge in [-0.15, -0.1) is 0 Å². The Bertz CT molecular complexity index is 242. The van der Waals surface area contributed by atoms with Crippen molar-refractivity contribution in [2.75, 3.05) is 6.61 Å². The molecule has 1 aromatic carbocycles. The van der Waals surface area contributed by atoms with Gasteiger partial charge in [0.05, 0.1) is 6.10 Å². The molecule has 12 heavy (non-hydrogen) atoms. The number of rotatable bonds is 1. The summed E-state index contributed by atoms with van der Waals surface area (Å²) in [5.41, 5.74) is 1.32. The Morgan fingerprint density at radius 3 is 2.58 bits per heavy atom. The van der Waals surface area contributed by atoms with E-state index in [4.69, 9.17) is 4.74 Å². The molecule has 2 atom stereocenters. The first-order valence-electron chi connectivity index (χ1n) is 4.54. The average molecular weight is 162 g/mol. The van der Waals surface area contributed by atoms with Crippen LogP contribution in [0.5, 0.6) is 0 Å². The number of ether oxygens (including phenoxy) is 1. The van der Waals surface area contributed by atoms with Crippen molar-refractivity contribution in [3.8, 4) is 0 Å². The highest BCUT2D eigenvalue weighted by Gasteiger charge is 2.25. The normalized spacial score (nSPS) is 29.1. The lowest BCUT2D eigenvalue weighted by atomic mass is 9.97. The standard InChI is InChI=1S/C11H14O/c1-9-7-8-12-11(9)10-5-3-2-4-6-10/h2-6,9,11H,7-8H2,1H3/t9-,11?/m0/s1. The van der Waals surface area contributed by atoms with Crippen molar-refractivity contribution >= 4 is 0 Å². The monoisotopic (exact) mass is 162 g/mol. The molecule has 1 heterocycles. The first kappa shape index (κ1) is 7.81. The Hall–Kier alpha value is -0.820. The van der Waals surface area contributed by atoms with Crippen molar-refractivity contribution in [3.05, 3.63) is 35.9 Å². The van der Waals surface area contributed by atoms with Crippen LogP contribution in [0.2, 0.25) is 0 Å². The van der Waals surface area contributed by atoms with E-state index < -0.39 is 0 Å². The van der Waals surface area contributed by atoms with E-state index >= 15 is 0 Å². The van der Waals surface area contributed by atoms with Crippen LogP contribution in [-0.2, 0) is 4.74 Å². The number of hydrogen-bond acceptors (Lipinski definition) is 1. The zero-order valence-electron chi connectivity index (χ0n) is 7.36. The lowest BCUT2D eigenvalue weighted by Gasteiger charge is -2.14. The minimum absolute atomic E-state index is 0.339. The van der Waals surface area contributed by atoms with Crippen molar-refractivity contribution in [2.24, 2.45) is 5.92 Å². The lowest BCUT2D eigenvalue weighted by molar-refractivity contribution is 0.0945. The maximum Gasteiger partial charge on any atom is 0.0851 e. The molecule has 0 aromatic heterocycles. The van der Waals surface area contributed by atoms with E-state index in [0.717, 1.165) is 6.61 Å². The molecule has 64 valence electrons. The van der Waals surface area contributed by atoms with Crippen molar-refractivity contribution in [2.45, 2.75) is 19.4 Å². The highest BCUT2D eigenvalue weighted by Crippen LogP contribution is 2.33. The number of hydrogen-bond donors (Lipinski definition) is 0. The predicted molar refractivity (Wildman–Crippen MR) is 48.9 cm³/mol. The third-order valence-corrected chi connectivity index (χ3v) is 2.52. The van der Waals surface area contributed by atoms with Crippen LogP contribution in [0, 0.1) is 5.92 Å². The highest BCUT2D eigenvalue weighted by molar-refractivity contribution is 5.18. The maximum absolute atomic E-state index is 5.65. The van der Waals surface area contributed by atoms with E-state index in [2.05, 4.69) is 31.2 Å². The summed E-state index contributed by atoms with van der Waals surface area (Å²) in [7, 11) is 0. The van der Waals surface area contributed by atoms with E-state index in [0.29, 0.717) is 12.0 Å². The molecule has 0 amide bonds. The SMILES string of the molecule is C[C@H]1CCOC1c1ccccc1. The van der Waals surface area contributed by atoms with E-state index in [9.17, 15) is 0 Å². The molecule has 1 saturated heterocycles. The Kier molecular flexibility index (Phi) is 2.13. The van der Waals surface area contributed by atoms with Crippen molar-refractivity contribution in [1.29, 1.82) is 0 Å². The molecule has 1 aromatic rings. The maximum atomic E-state index is 5.65. The van der Waals surface area contributed by atoms with Crippen LogP contribution in [0.4, 0.5) is 0 Å². The Labute approximate surface area is 73.4 Å².